The number of esters is 1. The zero-order valence-electron chi connectivity index (χ0n) is 13.3. The highest BCUT2D eigenvalue weighted by Crippen LogP contribution is 2.16. The zero-order chi connectivity index (χ0) is 15.9. The number of anilines is 1. The van der Waals surface area contributed by atoms with Crippen molar-refractivity contribution >= 4 is 11.7 Å². The normalized spacial score (nSPS) is 12.6. The SMILES string of the molecule is CC(N)COc1ccc(NCCC(=O)OC(C)(C)C)cc1. The molecule has 1 aromatic rings. The van der Waals surface area contributed by atoms with E-state index in [2.05, 4.69) is 5.32 Å². The first kappa shape index (κ1) is 17.3. The molecule has 0 aliphatic rings. The number of ether oxygens (including phenoxy) is 2. The molecule has 118 valence electrons. The third-order valence-electron chi connectivity index (χ3n) is 2.45. The van der Waals surface area contributed by atoms with Crippen LogP contribution >= 0.6 is 0 Å². The molecular weight excluding hydrogens is 268 g/mol. The van der Waals surface area contributed by atoms with E-state index in [1.165, 1.54) is 0 Å². The second kappa shape index (κ2) is 7.88. The van der Waals surface area contributed by atoms with E-state index in [1.807, 2.05) is 52.0 Å². The van der Waals surface area contributed by atoms with Crippen LogP contribution in [0, 0.1) is 0 Å². The van der Waals surface area contributed by atoms with Crippen LogP contribution in [0.5, 0.6) is 5.75 Å². The predicted octanol–water partition coefficient (Wildman–Crippen LogP) is 2.56. The maximum absolute atomic E-state index is 11.6. The molecule has 5 heteroatoms. The minimum Gasteiger partial charge on any atom is -0.492 e. The molecule has 0 heterocycles. The quantitative estimate of drug-likeness (QED) is 0.756. The summed E-state index contributed by atoms with van der Waals surface area (Å²) in [5.74, 6) is 0.580. The average molecular weight is 294 g/mol. The van der Waals surface area contributed by atoms with Gasteiger partial charge in [-0.1, -0.05) is 0 Å². The van der Waals surface area contributed by atoms with Crippen LogP contribution in [-0.2, 0) is 9.53 Å². The highest BCUT2D eigenvalue weighted by Gasteiger charge is 2.15. The molecule has 1 atom stereocenters. The number of carbonyl (C=O) groups excluding carboxylic acids is 1. The van der Waals surface area contributed by atoms with E-state index in [1.54, 1.807) is 0 Å². The van der Waals surface area contributed by atoms with Crippen LogP contribution in [0.2, 0.25) is 0 Å². The number of carbonyl (C=O) groups is 1. The fraction of sp³-hybridized carbons (Fsp3) is 0.562. The summed E-state index contributed by atoms with van der Waals surface area (Å²) in [7, 11) is 0. The van der Waals surface area contributed by atoms with E-state index < -0.39 is 5.60 Å². The van der Waals surface area contributed by atoms with Gasteiger partial charge >= 0.3 is 5.97 Å². The fourth-order valence-corrected chi connectivity index (χ4v) is 1.60. The number of nitrogens with one attached hydrogen (secondary N) is 1. The summed E-state index contributed by atoms with van der Waals surface area (Å²) >= 11 is 0. The standard InChI is InChI=1S/C16H26N2O3/c1-12(17)11-20-14-7-5-13(6-8-14)18-10-9-15(19)21-16(2,3)4/h5-8,12,18H,9-11,17H2,1-4H3. The summed E-state index contributed by atoms with van der Waals surface area (Å²) in [5, 5.41) is 3.17. The van der Waals surface area contributed by atoms with Crippen LogP contribution in [0.3, 0.4) is 0 Å². The Balaban J connectivity index is 2.31. The molecule has 0 aliphatic heterocycles. The van der Waals surface area contributed by atoms with Gasteiger partial charge in [0.05, 0.1) is 6.42 Å². The Morgan fingerprint density at radius 2 is 1.90 bits per heavy atom. The summed E-state index contributed by atoms with van der Waals surface area (Å²) in [5.41, 5.74) is 6.13. The smallest absolute Gasteiger partial charge is 0.308 e. The number of hydrogen-bond donors (Lipinski definition) is 2. The number of nitrogens with two attached hydrogens (primary N) is 1. The first-order valence-corrected chi connectivity index (χ1v) is 7.20. The minimum atomic E-state index is -0.434. The Hall–Kier alpha value is -1.75. The molecule has 1 unspecified atom stereocenters. The van der Waals surface area contributed by atoms with E-state index >= 15 is 0 Å². The van der Waals surface area contributed by atoms with Crippen molar-refractivity contribution in [1.82, 2.24) is 0 Å². The van der Waals surface area contributed by atoms with Crippen molar-refractivity contribution in [3.63, 3.8) is 0 Å². The lowest BCUT2D eigenvalue weighted by atomic mass is 10.2. The Labute approximate surface area is 126 Å². The van der Waals surface area contributed by atoms with Gasteiger partial charge in [0.25, 0.3) is 0 Å². The van der Waals surface area contributed by atoms with Crippen LogP contribution in [0.25, 0.3) is 0 Å². The molecule has 0 amide bonds. The van der Waals surface area contributed by atoms with E-state index in [4.69, 9.17) is 15.2 Å². The lowest BCUT2D eigenvalue weighted by Crippen LogP contribution is -2.25. The summed E-state index contributed by atoms with van der Waals surface area (Å²) in [6, 6.07) is 7.57. The van der Waals surface area contributed by atoms with Crippen molar-refractivity contribution in [1.29, 1.82) is 0 Å². The second-order valence-corrected chi connectivity index (χ2v) is 6.08. The largest absolute Gasteiger partial charge is 0.492 e. The summed E-state index contributed by atoms with van der Waals surface area (Å²) in [6.45, 7) is 8.50. The molecule has 3 N–H and O–H groups in total. The highest BCUT2D eigenvalue weighted by atomic mass is 16.6. The van der Waals surface area contributed by atoms with E-state index in [0.29, 0.717) is 19.6 Å². The van der Waals surface area contributed by atoms with Crippen molar-refractivity contribution in [2.24, 2.45) is 5.73 Å². The number of rotatable bonds is 7. The first-order chi connectivity index (χ1) is 9.76. The van der Waals surface area contributed by atoms with Gasteiger partial charge in [-0.3, -0.25) is 4.79 Å². The lowest BCUT2D eigenvalue weighted by molar-refractivity contribution is -0.154. The summed E-state index contributed by atoms with van der Waals surface area (Å²) in [4.78, 5) is 11.6. The maximum atomic E-state index is 11.6. The number of hydrogen-bond acceptors (Lipinski definition) is 5. The fourth-order valence-electron chi connectivity index (χ4n) is 1.60. The molecule has 0 radical (unpaired) electrons. The average Bonchev–Trinajstić information content (AvgIpc) is 2.35. The van der Waals surface area contributed by atoms with Crippen molar-refractivity contribution in [3.05, 3.63) is 24.3 Å². The van der Waals surface area contributed by atoms with Crippen LogP contribution in [0.1, 0.15) is 34.1 Å². The van der Waals surface area contributed by atoms with Gasteiger partial charge in [-0.25, -0.2) is 0 Å². The van der Waals surface area contributed by atoms with Gasteiger partial charge in [-0.05, 0) is 52.0 Å². The molecule has 0 aromatic heterocycles. The lowest BCUT2D eigenvalue weighted by Gasteiger charge is -2.19. The maximum Gasteiger partial charge on any atom is 0.308 e. The van der Waals surface area contributed by atoms with E-state index in [0.717, 1.165) is 11.4 Å². The van der Waals surface area contributed by atoms with Crippen LogP contribution in [0.4, 0.5) is 5.69 Å². The van der Waals surface area contributed by atoms with Crippen molar-refractivity contribution in [2.45, 2.75) is 45.8 Å². The molecule has 0 saturated heterocycles. The summed E-state index contributed by atoms with van der Waals surface area (Å²) < 4.78 is 10.7. The predicted molar refractivity (Wildman–Crippen MR) is 84.5 cm³/mol. The van der Waals surface area contributed by atoms with Crippen molar-refractivity contribution < 1.29 is 14.3 Å². The molecular formula is C16H26N2O3. The molecule has 0 bridgehead atoms. The summed E-state index contributed by atoms with van der Waals surface area (Å²) in [6.07, 6.45) is 0.334. The topological polar surface area (TPSA) is 73.6 Å². The van der Waals surface area contributed by atoms with E-state index in [-0.39, 0.29) is 12.0 Å². The van der Waals surface area contributed by atoms with Crippen LogP contribution < -0.4 is 15.8 Å². The zero-order valence-corrected chi connectivity index (χ0v) is 13.3. The van der Waals surface area contributed by atoms with Gasteiger partial charge in [0.15, 0.2) is 0 Å². The molecule has 0 aliphatic carbocycles. The highest BCUT2D eigenvalue weighted by molar-refractivity contribution is 5.70. The molecule has 0 fully saturated rings. The molecule has 21 heavy (non-hydrogen) atoms. The van der Waals surface area contributed by atoms with E-state index in [9.17, 15) is 4.79 Å². The molecule has 1 rings (SSSR count). The molecule has 0 spiro atoms. The van der Waals surface area contributed by atoms with Gasteiger partial charge in [-0.15, -0.1) is 0 Å². The van der Waals surface area contributed by atoms with Crippen LogP contribution in [0.15, 0.2) is 24.3 Å². The van der Waals surface area contributed by atoms with Crippen LogP contribution in [-0.4, -0.2) is 30.8 Å². The third kappa shape index (κ3) is 8.19. The van der Waals surface area contributed by atoms with Gasteiger partial charge in [0.2, 0.25) is 0 Å². The number of benzene rings is 1. The van der Waals surface area contributed by atoms with Gasteiger partial charge in [-0.2, -0.15) is 0 Å². The Morgan fingerprint density at radius 3 is 2.43 bits per heavy atom. The Bertz CT molecular complexity index is 436. The second-order valence-electron chi connectivity index (χ2n) is 6.08. The first-order valence-electron chi connectivity index (χ1n) is 7.20. The Kier molecular flexibility index (Phi) is 6.49. The minimum absolute atomic E-state index is 0.0108. The Morgan fingerprint density at radius 1 is 1.29 bits per heavy atom. The molecule has 5 nitrogen and oxygen atoms in total. The van der Waals surface area contributed by atoms with Gasteiger partial charge in [0.1, 0.15) is 18.0 Å². The van der Waals surface area contributed by atoms with Gasteiger partial charge < -0.3 is 20.5 Å². The molecule has 1 aromatic carbocycles. The van der Waals surface area contributed by atoms with Crippen molar-refractivity contribution in [2.75, 3.05) is 18.5 Å². The third-order valence-corrected chi connectivity index (χ3v) is 2.45. The molecule has 0 saturated carbocycles. The monoisotopic (exact) mass is 294 g/mol. The van der Waals surface area contributed by atoms with Crippen molar-refractivity contribution in [3.8, 4) is 5.75 Å². The van der Waals surface area contributed by atoms with Gasteiger partial charge in [0, 0.05) is 18.3 Å².